The van der Waals surface area contributed by atoms with E-state index in [-0.39, 0.29) is 29.0 Å². The van der Waals surface area contributed by atoms with Crippen molar-refractivity contribution in [2.45, 2.75) is 18.2 Å². The zero-order valence-electron chi connectivity index (χ0n) is 14.3. The lowest BCUT2D eigenvalue weighted by Gasteiger charge is -2.04. The number of hydrogen-bond acceptors (Lipinski definition) is 6. The molecule has 0 aliphatic rings. The van der Waals surface area contributed by atoms with Gasteiger partial charge in [0.2, 0.25) is 11.8 Å². The van der Waals surface area contributed by atoms with Crippen LogP contribution in [0.5, 0.6) is 0 Å². The SMILES string of the molecule is Cc1ccc(S(=O)(=O)CCC(=O)Nc2nnc(-c3cccc(Br)c3)o2)cc1. The molecule has 1 N–H and O–H groups in total. The van der Waals surface area contributed by atoms with Gasteiger partial charge in [-0.1, -0.05) is 44.8 Å². The van der Waals surface area contributed by atoms with Crippen LogP contribution in [0, 0.1) is 6.92 Å². The van der Waals surface area contributed by atoms with E-state index in [2.05, 4.69) is 31.4 Å². The van der Waals surface area contributed by atoms with Gasteiger partial charge in [0, 0.05) is 16.5 Å². The average molecular weight is 450 g/mol. The van der Waals surface area contributed by atoms with Crippen molar-refractivity contribution in [3.8, 4) is 11.5 Å². The second kappa shape index (κ2) is 8.01. The number of sulfone groups is 1. The first-order valence-corrected chi connectivity index (χ1v) is 10.5. The molecule has 3 aromatic rings. The van der Waals surface area contributed by atoms with E-state index in [0.29, 0.717) is 5.56 Å². The molecule has 0 fully saturated rings. The Morgan fingerprint density at radius 3 is 2.59 bits per heavy atom. The van der Waals surface area contributed by atoms with E-state index < -0.39 is 15.7 Å². The molecule has 0 saturated heterocycles. The molecule has 3 rings (SSSR count). The van der Waals surface area contributed by atoms with Crippen molar-refractivity contribution >= 4 is 37.7 Å². The number of nitrogens with zero attached hydrogens (tertiary/aromatic N) is 2. The molecule has 1 heterocycles. The van der Waals surface area contributed by atoms with E-state index in [1.165, 1.54) is 12.1 Å². The molecule has 1 amide bonds. The maximum Gasteiger partial charge on any atom is 0.322 e. The van der Waals surface area contributed by atoms with Crippen molar-refractivity contribution < 1.29 is 17.6 Å². The monoisotopic (exact) mass is 449 g/mol. The highest BCUT2D eigenvalue weighted by molar-refractivity contribution is 9.10. The molecular formula is C18H16BrN3O4S. The van der Waals surface area contributed by atoms with Gasteiger partial charge in [-0.3, -0.25) is 10.1 Å². The summed E-state index contributed by atoms with van der Waals surface area (Å²) in [6.45, 7) is 1.87. The molecule has 140 valence electrons. The molecule has 0 saturated carbocycles. The second-order valence-corrected chi connectivity index (χ2v) is 8.88. The maximum atomic E-state index is 12.3. The molecule has 9 heteroatoms. The second-order valence-electron chi connectivity index (χ2n) is 5.85. The lowest BCUT2D eigenvalue weighted by molar-refractivity contribution is -0.115. The van der Waals surface area contributed by atoms with E-state index in [4.69, 9.17) is 4.42 Å². The summed E-state index contributed by atoms with van der Waals surface area (Å²) in [5.41, 5.74) is 1.66. The summed E-state index contributed by atoms with van der Waals surface area (Å²) < 4.78 is 30.8. The average Bonchev–Trinajstić information content (AvgIpc) is 3.09. The van der Waals surface area contributed by atoms with Crippen molar-refractivity contribution in [3.63, 3.8) is 0 Å². The fourth-order valence-corrected chi connectivity index (χ4v) is 3.92. The molecule has 0 bridgehead atoms. The number of halogens is 1. The first-order chi connectivity index (χ1) is 12.8. The van der Waals surface area contributed by atoms with Gasteiger partial charge in [-0.05, 0) is 37.3 Å². The predicted molar refractivity (Wildman–Crippen MR) is 104 cm³/mol. The van der Waals surface area contributed by atoms with Crippen LogP contribution in [0.3, 0.4) is 0 Å². The number of amides is 1. The number of hydrogen-bond donors (Lipinski definition) is 1. The predicted octanol–water partition coefficient (Wildman–Crippen LogP) is 3.61. The molecule has 0 aliphatic heterocycles. The van der Waals surface area contributed by atoms with Gasteiger partial charge in [0.25, 0.3) is 0 Å². The molecule has 27 heavy (non-hydrogen) atoms. The third-order valence-electron chi connectivity index (χ3n) is 3.72. The summed E-state index contributed by atoms with van der Waals surface area (Å²) in [6.07, 6.45) is -0.217. The first kappa shape index (κ1) is 19.2. The fourth-order valence-electron chi connectivity index (χ4n) is 2.28. The standard InChI is InChI=1S/C18H16BrN3O4S/c1-12-5-7-15(8-6-12)27(24,25)10-9-16(23)20-18-22-21-17(26-18)13-3-2-4-14(19)11-13/h2-8,11H,9-10H2,1H3,(H,20,22,23). The number of aromatic nitrogens is 2. The third kappa shape index (κ3) is 5.01. The Labute approximate surface area is 164 Å². The highest BCUT2D eigenvalue weighted by Gasteiger charge is 2.18. The van der Waals surface area contributed by atoms with Gasteiger partial charge in [-0.15, -0.1) is 5.10 Å². The Bertz CT molecular complexity index is 1060. The summed E-state index contributed by atoms with van der Waals surface area (Å²) in [4.78, 5) is 12.2. The Morgan fingerprint density at radius 1 is 1.15 bits per heavy atom. The molecule has 0 unspecified atom stereocenters. The fraction of sp³-hybridized carbons (Fsp3) is 0.167. The van der Waals surface area contributed by atoms with E-state index in [1.54, 1.807) is 24.3 Å². The number of aryl methyl sites for hydroxylation is 1. The number of benzene rings is 2. The van der Waals surface area contributed by atoms with Gasteiger partial charge < -0.3 is 4.42 Å². The Hall–Kier alpha value is -2.52. The molecule has 7 nitrogen and oxygen atoms in total. The van der Waals surface area contributed by atoms with Crippen LogP contribution in [-0.4, -0.2) is 30.3 Å². The minimum atomic E-state index is -3.54. The van der Waals surface area contributed by atoms with E-state index in [0.717, 1.165) is 10.0 Å². The van der Waals surface area contributed by atoms with Crippen molar-refractivity contribution in [1.82, 2.24) is 10.2 Å². The lowest BCUT2D eigenvalue weighted by Crippen LogP contribution is -2.17. The Balaban J connectivity index is 1.60. The van der Waals surface area contributed by atoms with E-state index >= 15 is 0 Å². The summed E-state index contributed by atoms with van der Waals surface area (Å²) >= 11 is 3.35. The van der Waals surface area contributed by atoms with Crippen molar-refractivity contribution in [2.24, 2.45) is 0 Å². The first-order valence-electron chi connectivity index (χ1n) is 8.02. The van der Waals surface area contributed by atoms with Gasteiger partial charge in [0.1, 0.15) is 0 Å². The van der Waals surface area contributed by atoms with Crippen LogP contribution in [0.15, 0.2) is 62.3 Å². The van der Waals surface area contributed by atoms with Crippen LogP contribution >= 0.6 is 15.9 Å². The quantitative estimate of drug-likeness (QED) is 0.616. The minimum absolute atomic E-state index is 0.0808. The molecule has 1 aromatic heterocycles. The number of carbonyl (C=O) groups excluding carboxylic acids is 1. The molecule has 0 radical (unpaired) electrons. The van der Waals surface area contributed by atoms with Crippen molar-refractivity contribution in [3.05, 3.63) is 58.6 Å². The maximum absolute atomic E-state index is 12.3. The number of nitrogens with one attached hydrogen (secondary N) is 1. The van der Waals surface area contributed by atoms with E-state index in [9.17, 15) is 13.2 Å². The number of anilines is 1. The van der Waals surface area contributed by atoms with Gasteiger partial charge in [0.05, 0.1) is 10.6 Å². The zero-order chi connectivity index (χ0) is 19.4. The van der Waals surface area contributed by atoms with Crippen LogP contribution in [0.25, 0.3) is 11.5 Å². The van der Waals surface area contributed by atoms with Gasteiger partial charge >= 0.3 is 6.01 Å². The van der Waals surface area contributed by atoms with Gasteiger partial charge in [-0.2, -0.15) is 0 Å². The summed E-state index contributed by atoms with van der Waals surface area (Å²) in [5, 5.41) is 10.1. The number of rotatable bonds is 6. The van der Waals surface area contributed by atoms with Crippen LogP contribution in [0.4, 0.5) is 6.01 Å². The molecular weight excluding hydrogens is 434 g/mol. The lowest BCUT2D eigenvalue weighted by atomic mass is 10.2. The normalized spacial score (nSPS) is 11.3. The largest absolute Gasteiger partial charge is 0.403 e. The van der Waals surface area contributed by atoms with E-state index in [1.807, 2.05) is 19.1 Å². The van der Waals surface area contributed by atoms with Crippen LogP contribution in [-0.2, 0) is 14.6 Å². The molecule has 0 spiro atoms. The molecule has 0 aliphatic carbocycles. The zero-order valence-corrected chi connectivity index (χ0v) is 16.7. The Morgan fingerprint density at radius 2 is 1.89 bits per heavy atom. The summed E-state index contributed by atoms with van der Waals surface area (Å²) in [7, 11) is -3.54. The van der Waals surface area contributed by atoms with Crippen LogP contribution in [0.1, 0.15) is 12.0 Å². The van der Waals surface area contributed by atoms with Crippen molar-refractivity contribution in [2.75, 3.05) is 11.1 Å². The molecule has 0 atom stereocenters. The number of carbonyl (C=O) groups is 1. The van der Waals surface area contributed by atoms with Crippen LogP contribution < -0.4 is 5.32 Å². The Kier molecular flexibility index (Phi) is 5.71. The van der Waals surface area contributed by atoms with Gasteiger partial charge in [-0.25, -0.2) is 8.42 Å². The topological polar surface area (TPSA) is 102 Å². The summed E-state index contributed by atoms with van der Waals surface area (Å²) in [6, 6.07) is 13.7. The highest BCUT2D eigenvalue weighted by atomic mass is 79.9. The van der Waals surface area contributed by atoms with Gasteiger partial charge in [0.15, 0.2) is 9.84 Å². The summed E-state index contributed by atoms with van der Waals surface area (Å²) in [5.74, 6) is -0.580. The smallest absolute Gasteiger partial charge is 0.322 e. The highest BCUT2D eigenvalue weighted by Crippen LogP contribution is 2.23. The van der Waals surface area contributed by atoms with Crippen molar-refractivity contribution in [1.29, 1.82) is 0 Å². The molecule has 2 aromatic carbocycles. The van der Waals surface area contributed by atoms with Crippen LogP contribution in [0.2, 0.25) is 0 Å². The third-order valence-corrected chi connectivity index (χ3v) is 5.95. The minimum Gasteiger partial charge on any atom is -0.403 e.